The first kappa shape index (κ1) is 16.5. The zero-order chi connectivity index (χ0) is 16.2. The van der Waals surface area contributed by atoms with Crippen molar-refractivity contribution in [2.24, 2.45) is 5.92 Å². The van der Waals surface area contributed by atoms with Crippen LogP contribution < -0.4 is 5.32 Å². The van der Waals surface area contributed by atoms with Crippen molar-refractivity contribution in [3.63, 3.8) is 0 Å². The number of carbonyl (C=O) groups excluding carboxylic acids is 1. The van der Waals surface area contributed by atoms with E-state index in [0.717, 1.165) is 13.0 Å². The zero-order valence-corrected chi connectivity index (χ0v) is 14.0. The van der Waals surface area contributed by atoms with E-state index < -0.39 is 6.10 Å². The summed E-state index contributed by atoms with van der Waals surface area (Å²) in [6.07, 6.45) is 5.54. The third-order valence-electron chi connectivity index (χ3n) is 5.21. The average molecular weight is 316 g/mol. The molecule has 126 valence electrons. The highest BCUT2D eigenvalue weighted by Gasteiger charge is 2.36. The summed E-state index contributed by atoms with van der Waals surface area (Å²) in [6, 6.07) is 8.86. The number of hydrogen-bond donors (Lipinski definition) is 2. The van der Waals surface area contributed by atoms with Crippen LogP contribution in [0.4, 0.5) is 0 Å². The van der Waals surface area contributed by atoms with Gasteiger partial charge in [-0.3, -0.25) is 4.79 Å². The molecule has 3 rings (SSSR count). The van der Waals surface area contributed by atoms with Crippen molar-refractivity contribution < 1.29 is 9.90 Å². The Morgan fingerprint density at radius 2 is 2.09 bits per heavy atom. The van der Waals surface area contributed by atoms with Crippen LogP contribution in [0.5, 0.6) is 0 Å². The van der Waals surface area contributed by atoms with Gasteiger partial charge >= 0.3 is 0 Å². The Hall–Kier alpha value is -1.39. The van der Waals surface area contributed by atoms with Crippen molar-refractivity contribution in [1.82, 2.24) is 10.2 Å². The Labute approximate surface area is 138 Å². The third kappa shape index (κ3) is 3.75. The number of aliphatic hydroxyl groups excluding tert-OH is 1. The van der Waals surface area contributed by atoms with E-state index in [2.05, 4.69) is 34.5 Å². The minimum absolute atomic E-state index is 0.164. The van der Waals surface area contributed by atoms with E-state index in [4.69, 9.17) is 0 Å². The number of nitrogens with one attached hydrogen (secondary N) is 1. The van der Waals surface area contributed by atoms with Crippen LogP contribution in [-0.2, 0) is 11.2 Å². The predicted molar refractivity (Wildman–Crippen MR) is 91.1 cm³/mol. The number of aliphatic hydroxyl groups is 1. The lowest BCUT2D eigenvalue weighted by molar-refractivity contribution is -0.134. The summed E-state index contributed by atoms with van der Waals surface area (Å²) in [7, 11) is 0. The minimum Gasteiger partial charge on any atom is -0.392 e. The van der Waals surface area contributed by atoms with Crippen molar-refractivity contribution >= 4 is 5.91 Å². The van der Waals surface area contributed by atoms with Gasteiger partial charge in [-0.25, -0.2) is 0 Å². The zero-order valence-electron chi connectivity index (χ0n) is 14.0. The van der Waals surface area contributed by atoms with E-state index in [-0.39, 0.29) is 11.9 Å². The molecule has 2 atom stereocenters. The van der Waals surface area contributed by atoms with Crippen LogP contribution in [-0.4, -0.2) is 41.7 Å². The Balaban J connectivity index is 1.77. The summed E-state index contributed by atoms with van der Waals surface area (Å²) in [5.74, 6) is 0.759. The fraction of sp³-hybridized carbons (Fsp3) is 0.632. The number of benzene rings is 1. The van der Waals surface area contributed by atoms with E-state index in [1.165, 1.54) is 36.8 Å². The molecule has 2 aliphatic rings. The summed E-state index contributed by atoms with van der Waals surface area (Å²) < 4.78 is 0. The van der Waals surface area contributed by atoms with E-state index in [0.29, 0.717) is 19.0 Å². The summed E-state index contributed by atoms with van der Waals surface area (Å²) in [5.41, 5.74) is 2.76. The Kier molecular flexibility index (Phi) is 5.34. The van der Waals surface area contributed by atoms with Crippen molar-refractivity contribution in [2.45, 2.75) is 51.2 Å². The molecule has 1 fully saturated rings. The summed E-state index contributed by atoms with van der Waals surface area (Å²) in [5, 5.41) is 12.4. The van der Waals surface area contributed by atoms with Gasteiger partial charge in [0.15, 0.2) is 0 Å². The monoisotopic (exact) mass is 316 g/mol. The van der Waals surface area contributed by atoms with Crippen LogP contribution in [0.1, 0.15) is 49.8 Å². The van der Waals surface area contributed by atoms with Crippen LogP contribution in [0.3, 0.4) is 0 Å². The molecule has 1 aliphatic carbocycles. The van der Waals surface area contributed by atoms with Gasteiger partial charge in [0.25, 0.3) is 0 Å². The number of rotatable bonds is 5. The van der Waals surface area contributed by atoms with Gasteiger partial charge in [0.2, 0.25) is 5.91 Å². The second kappa shape index (κ2) is 7.45. The van der Waals surface area contributed by atoms with Crippen molar-refractivity contribution in [3.05, 3.63) is 35.4 Å². The van der Waals surface area contributed by atoms with Crippen molar-refractivity contribution in [2.75, 3.05) is 19.6 Å². The van der Waals surface area contributed by atoms with Gasteiger partial charge in [0.05, 0.1) is 18.7 Å². The Bertz CT molecular complexity index is 538. The fourth-order valence-corrected chi connectivity index (χ4v) is 4.15. The number of carbonyl (C=O) groups is 1. The molecule has 1 aromatic rings. The first-order valence-electron chi connectivity index (χ1n) is 8.93. The second-order valence-electron chi connectivity index (χ2n) is 7.01. The lowest BCUT2D eigenvalue weighted by Gasteiger charge is -2.41. The Morgan fingerprint density at radius 1 is 1.35 bits per heavy atom. The van der Waals surface area contributed by atoms with Crippen LogP contribution >= 0.6 is 0 Å². The molecule has 1 amide bonds. The Morgan fingerprint density at radius 3 is 2.83 bits per heavy atom. The molecule has 1 aromatic carbocycles. The van der Waals surface area contributed by atoms with Gasteiger partial charge in [0, 0.05) is 13.1 Å². The number of hydrogen-bond acceptors (Lipinski definition) is 3. The topological polar surface area (TPSA) is 52.6 Å². The lowest BCUT2D eigenvalue weighted by Crippen LogP contribution is -2.46. The molecule has 23 heavy (non-hydrogen) atoms. The van der Waals surface area contributed by atoms with Gasteiger partial charge in [0.1, 0.15) is 0 Å². The first-order valence-corrected chi connectivity index (χ1v) is 8.93. The maximum atomic E-state index is 12.7. The van der Waals surface area contributed by atoms with Crippen LogP contribution in [0.2, 0.25) is 0 Å². The standard InChI is InChI=1S/C19H28N2O2/c1-14(22)12-20-13-18(23)21-11-10-15-6-4-5-9-17(15)19(21)16-7-2-3-8-16/h4-6,9,14,16,19-20,22H,2-3,7-8,10-13H2,1H3/t14-,19?/m1/s1. The lowest BCUT2D eigenvalue weighted by atomic mass is 9.83. The van der Waals surface area contributed by atoms with Gasteiger partial charge < -0.3 is 15.3 Å². The highest BCUT2D eigenvalue weighted by Crippen LogP contribution is 2.42. The van der Waals surface area contributed by atoms with Crippen LogP contribution in [0, 0.1) is 5.92 Å². The number of amides is 1. The first-order chi connectivity index (χ1) is 11.2. The molecule has 4 nitrogen and oxygen atoms in total. The highest BCUT2D eigenvalue weighted by molar-refractivity contribution is 5.79. The molecule has 1 aliphatic heterocycles. The van der Waals surface area contributed by atoms with Crippen molar-refractivity contribution in [3.8, 4) is 0 Å². The van der Waals surface area contributed by atoms with Gasteiger partial charge in [-0.15, -0.1) is 0 Å². The summed E-state index contributed by atoms with van der Waals surface area (Å²) in [6.45, 7) is 3.32. The summed E-state index contributed by atoms with van der Waals surface area (Å²) in [4.78, 5) is 14.8. The molecule has 0 aromatic heterocycles. The van der Waals surface area contributed by atoms with Crippen LogP contribution in [0.25, 0.3) is 0 Å². The normalized spacial score (nSPS) is 22.9. The fourth-order valence-electron chi connectivity index (χ4n) is 4.15. The van der Waals surface area contributed by atoms with E-state index >= 15 is 0 Å². The molecule has 2 N–H and O–H groups in total. The molecular weight excluding hydrogens is 288 g/mol. The number of fused-ring (bicyclic) bond motifs is 1. The van der Waals surface area contributed by atoms with E-state index in [9.17, 15) is 9.90 Å². The SMILES string of the molecule is C[C@@H](O)CNCC(=O)N1CCc2ccccc2C1C1CCCC1. The van der Waals surface area contributed by atoms with Crippen LogP contribution in [0.15, 0.2) is 24.3 Å². The van der Waals surface area contributed by atoms with Gasteiger partial charge in [-0.1, -0.05) is 37.1 Å². The predicted octanol–water partition coefficient (Wildman–Crippen LogP) is 2.27. The molecule has 1 saturated carbocycles. The smallest absolute Gasteiger partial charge is 0.237 e. The molecule has 1 unspecified atom stereocenters. The maximum Gasteiger partial charge on any atom is 0.237 e. The molecule has 1 heterocycles. The molecule has 0 radical (unpaired) electrons. The highest BCUT2D eigenvalue weighted by atomic mass is 16.3. The van der Waals surface area contributed by atoms with E-state index in [1.807, 2.05) is 0 Å². The van der Waals surface area contributed by atoms with Gasteiger partial charge in [-0.05, 0) is 43.2 Å². The number of nitrogens with zero attached hydrogens (tertiary/aromatic N) is 1. The maximum absolute atomic E-state index is 12.7. The molecule has 0 spiro atoms. The third-order valence-corrected chi connectivity index (χ3v) is 5.21. The van der Waals surface area contributed by atoms with E-state index in [1.54, 1.807) is 6.92 Å². The molecular formula is C19H28N2O2. The molecule has 0 bridgehead atoms. The second-order valence-corrected chi connectivity index (χ2v) is 7.01. The minimum atomic E-state index is -0.421. The molecule has 4 heteroatoms. The van der Waals surface area contributed by atoms with Crippen molar-refractivity contribution in [1.29, 1.82) is 0 Å². The van der Waals surface area contributed by atoms with Gasteiger partial charge in [-0.2, -0.15) is 0 Å². The summed E-state index contributed by atoms with van der Waals surface area (Å²) >= 11 is 0. The average Bonchev–Trinajstić information content (AvgIpc) is 3.07. The molecule has 0 saturated heterocycles. The largest absolute Gasteiger partial charge is 0.392 e. The quantitative estimate of drug-likeness (QED) is 0.876.